The van der Waals surface area contributed by atoms with Crippen molar-refractivity contribution < 1.29 is 19.1 Å². The lowest BCUT2D eigenvalue weighted by molar-refractivity contribution is -0.114. The number of nitrogens with one attached hydrogen (secondary N) is 1. The summed E-state index contributed by atoms with van der Waals surface area (Å²) in [5, 5.41) is 2.37. The van der Waals surface area contributed by atoms with Crippen molar-refractivity contribution in [2.75, 3.05) is 20.3 Å². The maximum atomic E-state index is 12.2. The van der Waals surface area contributed by atoms with Crippen LogP contribution in [0.3, 0.4) is 0 Å². The van der Waals surface area contributed by atoms with Gasteiger partial charge in [-0.15, -0.1) is 0 Å². The minimum atomic E-state index is -0.399. The number of amides is 2. The Morgan fingerprint density at radius 2 is 1.75 bits per heavy atom. The molecular formula is C19H17NO4. The van der Waals surface area contributed by atoms with Crippen LogP contribution in [0.25, 0.3) is 11.6 Å². The van der Waals surface area contributed by atoms with Crippen molar-refractivity contribution >= 4 is 23.5 Å². The van der Waals surface area contributed by atoms with E-state index in [-0.39, 0.29) is 5.91 Å². The number of benzene rings is 2. The van der Waals surface area contributed by atoms with Gasteiger partial charge in [0.1, 0.15) is 12.4 Å². The van der Waals surface area contributed by atoms with Crippen LogP contribution < -0.4 is 10.1 Å². The smallest absolute Gasteiger partial charge is 0.258 e. The zero-order valence-corrected chi connectivity index (χ0v) is 13.2. The molecule has 0 spiro atoms. The molecule has 0 radical (unpaired) electrons. The SMILES string of the molecule is COCCOc1cccc(C=C2C(=O)NC(=O)c3ccccc32)c1. The van der Waals surface area contributed by atoms with E-state index in [2.05, 4.69) is 5.32 Å². The van der Waals surface area contributed by atoms with Gasteiger partial charge in [0, 0.05) is 18.2 Å². The van der Waals surface area contributed by atoms with Gasteiger partial charge in [-0.3, -0.25) is 14.9 Å². The summed E-state index contributed by atoms with van der Waals surface area (Å²) < 4.78 is 10.5. The zero-order valence-electron chi connectivity index (χ0n) is 13.2. The van der Waals surface area contributed by atoms with E-state index in [4.69, 9.17) is 9.47 Å². The van der Waals surface area contributed by atoms with Crippen LogP contribution >= 0.6 is 0 Å². The minimum absolute atomic E-state index is 0.371. The third-order valence-electron chi connectivity index (χ3n) is 3.66. The van der Waals surface area contributed by atoms with Gasteiger partial charge in [-0.2, -0.15) is 0 Å². The molecule has 2 aromatic rings. The van der Waals surface area contributed by atoms with E-state index in [1.807, 2.05) is 30.3 Å². The highest BCUT2D eigenvalue weighted by Crippen LogP contribution is 2.26. The average Bonchev–Trinajstić information content (AvgIpc) is 2.59. The summed E-state index contributed by atoms with van der Waals surface area (Å²) in [5.41, 5.74) is 2.41. The molecule has 5 heteroatoms. The number of methoxy groups -OCH3 is 1. The lowest BCUT2D eigenvalue weighted by Gasteiger charge is -2.18. The number of ether oxygens (including phenoxy) is 2. The van der Waals surface area contributed by atoms with E-state index >= 15 is 0 Å². The lowest BCUT2D eigenvalue weighted by Crippen LogP contribution is -2.36. The van der Waals surface area contributed by atoms with Crippen molar-refractivity contribution in [1.29, 1.82) is 0 Å². The van der Waals surface area contributed by atoms with Gasteiger partial charge < -0.3 is 9.47 Å². The maximum absolute atomic E-state index is 12.2. The van der Waals surface area contributed by atoms with Gasteiger partial charge in [0.2, 0.25) is 0 Å². The first-order valence-corrected chi connectivity index (χ1v) is 7.57. The number of rotatable bonds is 5. The van der Waals surface area contributed by atoms with E-state index in [1.54, 1.807) is 31.4 Å². The van der Waals surface area contributed by atoms with Gasteiger partial charge in [0.25, 0.3) is 11.8 Å². The summed E-state index contributed by atoms with van der Waals surface area (Å²) in [4.78, 5) is 24.1. The Morgan fingerprint density at radius 3 is 2.54 bits per heavy atom. The van der Waals surface area contributed by atoms with E-state index < -0.39 is 5.91 Å². The van der Waals surface area contributed by atoms with Gasteiger partial charge in [0.15, 0.2) is 0 Å². The molecule has 2 amide bonds. The molecule has 1 aliphatic heterocycles. The normalized spacial score (nSPS) is 15.1. The number of imide groups is 1. The molecule has 24 heavy (non-hydrogen) atoms. The van der Waals surface area contributed by atoms with Crippen molar-refractivity contribution in [3.8, 4) is 5.75 Å². The molecule has 2 aromatic carbocycles. The zero-order chi connectivity index (χ0) is 16.9. The topological polar surface area (TPSA) is 64.6 Å². The highest BCUT2D eigenvalue weighted by molar-refractivity contribution is 6.33. The molecule has 0 aliphatic carbocycles. The molecule has 1 heterocycles. The lowest BCUT2D eigenvalue weighted by atomic mass is 9.93. The van der Waals surface area contributed by atoms with Crippen molar-refractivity contribution in [2.24, 2.45) is 0 Å². The second-order valence-electron chi connectivity index (χ2n) is 5.30. The van der Waals surface area contributed by atoms with Gasteiger partial charge in [-0.25, -0.2) is 0 Å². The molecule has 0 saturated heterocycles. The van der Waals surface area contributed by atoms with Gasteiger partial charge in [0.05, 0.1) is 6.61 Å². The van der Waals surface area contributed by atoms with Crippen LogP contribution in [-0.2, 0) is 9.53 Å². The molecule has 0 unspecified atom stereocenters. The Morgan fingerprint density at radius 1 is 0.958 bits per heavy atom. The van der Waals surface area contributed by atoms with Crippen LogP contribution in [0.1, 0.15) is 21.5 Å². The average molecular weight is 323 g/mol. The quantitative estimate of drug-likeness (QED) is 0.522. The fourth-order valence-electron chi connectivity index (χ4n) is 2.52. The van der Waals surface area contributed by atoms with E-state index in [0.29, 0.717) is 35.7 Å². The molecule has 5 nitrogen and oxygen atoms in total. The second-order valence-corrected chi connectivity index (χ2v) is 5.30. The summed E-state index contributed by atoms with van der Waals surface area (Å²) in [7, 11) is 1.62. The molecule has 0 aromatic heterocycles. The first-order valence-electron chi connectivity index (χ1n) is 7.57. The van der Waals surface area contributed by atoms with Crippen LogP contribution in [0.15, 0.2) is 48.5 Å². The van der Waals surface area contributed by atoms with Gasteiger partial charge in [-0.1, -0.05) is 30.3 Å². The molecule has 0 atom stereocenters. The predicted molar refractivity (Wildman–Crippen MR) is 90.6 cm³/mol. The van der Waals surface area contributed by atoms with Crippen LogP contribution in [0.5, 0.6) is 5.75 Å². The van der Waals surface area contributed by atoms with E-state index in [9.17, 15) is 9.59 Å². The minimum Gasteiger partial charge on any atom is -0.491 e. The molecule has 122 valence electrons. The molecule has 0 fully saturated rings. The summed E-state index contributed by atoms with van der Waals surface area (Å²) in [6.45, 7) is 0.956. The summed E-state index contributed by atoms with van der Waals surface area (Å²) in [6.07, 6.45) is 1.75. The largest absolute Gasteiger partial charge is 0.491 e. The Kier molecular flexibility index (Phi) is 4.72. The number of carbonyl (C=O) groups is 2. The van der Waals surface area contributed by atoms with Crippen LogP contribution in [0.2, 0.25) is 0 Å². The van der Waals surface area contributed by atoms with Crippen molar-refractivity contribution in [3.63, 3.8) is 0 Å². The standard InChI is InChI=1S/C19H17NO4/c1-23-9-10-24-14-6-4-5-13(11-14)12-17-15-7-2-3-8-16(15)18(21)20-19(17)22/h2-8,11-12H,9-10H2,1H3,(H,20,21,22). The number of fused-ring (bicyclic) bond motifs is 1. The van der Waals surface area contributed by atoms with E-state index in [0.717, 1.165) is 5.56 Å². The third kappa shape index (κ3) is 3.36. The van der Waals surface area contributed by atoms with Crippen molar-refractivity contribution in [1.82, 2.24) is 5.32 Å². The van der Waals surface area contributed by atoms with Crippen LogP contribution in [0.4, 0.5) is 0 Å². The highest BCUT2D eigenvalue weighted by Gasteiger charge is 2.26. The molecule has 0 saturated carbocycles. The Labute approximate surface area is 139 Å². The molecular weight excluding hydrogens is 306 g/mol. The molecule has 3 rings (SSSR count). The summed E-state index contributed by atoms with van der Waals surface area (Å²) >= 11 is 0. The fourth-order valence-corrected chi connectivity index (χ4v) is 2.52. The molecule has 0 bridgehead atoms. The Balaban J connectivity index is 1.93. The van der Waals surface area contributed by atoms with Gasteiger partial charge >= 0.3 is 0 Å². The first-order chi connectivity index (χ1) is 11.7. The summed E-state index contributed by atoms with van der Waals surface area (Å²) in [5.74, 6) is -0.0733. The third-order valence-corrected chi connectivity index (χ3v) is 3.66. The van der Waals surface area contributed by atoms with E-state index in [1.165, 1.54) is 0 Å². The van der Waals surface area contributed by atoms with Crippen LogP contribution in [0, 0.1) is 0 Å². The van der Waals surface area contributed by atoms with Crippen LogP contribution in [-0.4, -0.2) is 32.1 Å². The fraction of sp³-hybridized carbons (Fsp3) is 0.158. The number of hydrogen-bond donors (Lipinski definition) is 1. The molecule has 1 aliphatic rings. The Bertz CT molecular complexity index is 811. The first kappa shape index (κ1) is 16.0. The molecule has 1 N–H and O–H groups in total. The summed E-state index contributed by atoms with van der Waals surface area (Å²) in [6, 6.07) is 14.5. The maximum Gasteiger partial charge on any atom is 0.258 e. The van der Waals surface area contributed by atoms with Crippen molar-refractivity contribution in [2.45, 2.75) is 0 Å². The Hall–Kier alpha value is -2.92. The van der Waals surface area contributed by atoms with Gasteiger partial charge in [-0.05, 0) is 35.4 Å². The monoisotopic (exact) mass is 323 g/mol. The highest BCUT2D eigenvalue weighted by atomic mass is 16.5. The second kappa shape index (κ2) is 7.10. The number of hydrogen-bond acceptors (Lipinski definition) is 4. The van der Waals surface area contributed by atoms with Crippen molar-refractivity contribution in [3.05, 3.63) is 65.2 Å². The number of carbonyl (C=O) groups excluding carboxylic acids is 2. The predicted octanol–water partition coefficient (Wildman–Crippen LogP) is 2.52.